The number of aromatic nitrogens is 1. The third-order valence-corrected chi connectivity index (χ3v) is 2.57. The fourth-order valence-electron chi connectivity index (χ4n) is 1.12. The highest BCUT2D eigenvalue weighted by molar-refractivity contribution is 7.11. The van der Waals surface area contributed by atoms with E-state index in [1.165, 1.54) is 4.88 Å². The van der Waals surface area contributed by atoms with Crippen LogP contribution in [-0.4, -0.2) is 11.6 Å². The van der Waals surface area contributed by atoms with E-state index in [-0.39, 0.29) is 0 Å². The average molecular weight is 155 g/mol. The third-order valence-electron chi connectivity index (χ3n) is 1.56. The molecule has 1 aliphatic rings. The van der Waals surface area contributed by atoms with Gasteiger partial charge in [-0.2, -0.15) is 0 Å². The van der Waals surface area contributed by atoms with Crippen LogP contribution in [0.4, 0.5) is 0 Å². The minimum Gasteiger partial charge on any atom is -0.477 e. The van der Waals surface area contributed by atoms with Gasteiger partial charge in [0.05, 0.1) is 16.5 Å². The summed E-state index contributed by atoms with van der Waals surface area (Å²) < 4.78 is 5.34. The molecule has 1 aromatic heterocycles. The molecule has 2 heterocycles. The molecule has 0 N–H and O–H groups in total. The molecule has 0 bridgehead atoms. The summed E-state index contributed by atoms with van der Waals surface area (Å²) in [7, 11) is 0. The third kappa shape index (κ3) is 0.904. The normalized spacial score (nSPS) is 16.1. The van der Waals surface area contributed by atoms with Crippen molar-refractivity contribution in [3.8, 4) is 5.88 Å². The van der Waals surface area contributed by atoms with Crippen molar-refractivity contribution in [3.63, 3.8) is 0 Å². The van der Waals surface area contributed by atoms with Gasteiger partial charge in [-0.3, -0.25) is 0 Å². The van der Waals surface area contributed by atoms with Crippen molar-refractivity contribution in [1.82, 2.24) is 4.98 Å². The smallest absolute Gasteiger partial charge is 0.227 e. The summed E-state index contributed by atoms with van der Waals surface area (Å²) in [6, 6.07) is 0. The van der Waals surface area contributed by atoms with Gasteiger partial charge in [-0.1, -0.05) is 0 Å². The lowest BCUT2D eigenvalue weighted by Crippen LogP contribution is -2.06. The first-order chi connectivity index (χ1) is 4.86. The second-order valence-corrected chi connectivity index (χ2v) is 3.70. The molecular weight excluding hydrogens is 146 g/mol. The van der Waals surface area contributed by atoms with Crippen LogP contribution in [0.15, 0.2) is 0 Å². The van der Waals surface area contributed by atoms with Crippen LogP contribution >= 0.6 is 11.3 Å². The maximum atomic E-state index is 5.34. The Balaban J connectivity index is 2.41. The van der Waals surface area contributed by atoms with Gasteiger partial charge in [-0.05, 0) is 19.8 Å². The Kier molecular flexibility index (Phi) is 1.38. The van der Waals surface area contributed by atoms with Gasteiger partial charge in [0.15, 0.2) is 0 Å². The maximum absolute atomic E-state index is 5.34. The Morgan fingerprint density at radius 3 is 3.30 bits per heavy atom. The van der Waals surface area contributed by atoms with Crippen molar-refractivity contribution >= 4 is 11.3 Å². The Bertz CT molecular complexity index is 220. The molecule has 0 aromatic carbocycles. The fraction of sp³-hybridized carbons (Fsp3) is 0.571. The highest BCUT2D eigenvalue weighted by atomic mass is 32.1. The van der Waals surface area contributed by atoms with Gasteiger partial charge in [0.1, 0.15) is 0 Å². The van der Waals surface area contributed by atoms with Crippen molar-refractivity contribution < 1.29 is 4.74 Å². The summed E-state index contributed by atoms with van der Waals surface area (Å²) in [4.78, 5) is 5.57. The van der Waals surface area contributed by atoms with E-state index < -0.39 is 0 Å². The van der Waals surface area contributed by atoms with E-state index in [1.54, 1.807) is 11.3 Å². The number of ether oxygens (including phenoxy) is 1. The number of nitrogens with zero attached hydrogens (tertiary/aromatic N) is 1. The molecule has 0 spiro atoms. The van der Waals surface area contributed by atoms with Gasteiger partial charge in [0.25, 0.3) is 0 Å². The van der Waals surface area contributed by atoms with Crippen molar-refractivity contribution in [2.24, 2.45) is 0 Å². The van der Waals surface area contributed by atoms with Crippen LogP contribution in [0.1, 0.15) is 16.3 Å². The summed E-state index contributed by atoms with van der Waals surface area (Å²) in [5.41, 5.74) is 0. The Labute approximate surface area is 63.9 Å². The minimum atomic E-state index is 0.843. The van der Waals surface area contributed by atoms with E-state index >= 15 is 0 Å². The molecule has 0 saturated carbocycles. The fourth-order valence-corrected chi connectivity index (χ4v) is 2.05. The van der Waals surface area contributed by atoms with E-state index in [0.717, 1.165) is 30.3 Å². The standard InChI is InChI=1S/C7H9NOS/c1-5-8-7-6(10-5)3-2-4-9-7/h2-4H2,1H3. The number of rotatable bonds is 0. The van der Waals surface area contributed by atoms with Gasteiger partial charge in [0, 0.05) is 0 Å². The number of fused-ring (bicyclic) bond motifs is 1. The predicted molar refractivity (Wildman–Crippen MR) is 40.7 cm³/mol. The van der Waals surface area contributed by atoms with Gasteiger partial charge in [0.2, 0.25) is 5.88 Å². The highest BCUT2D eigenvalue weighted by Crippen LogP contribution is 2.28. The van der Waals surface area contributed by atoms with Gasteiger partial charge >= 0.3 is 0 Å². The first-order valence-electron chi connectivity index (χ1n) is 3.45. The Morgan fingerprint density at radius 1 is 1.60 bits per heavy atom. The molecule has 0 fully saturated rings. The lowest BCUT2D eigenvalue weighted by atomic mass is 10.2. The second-order valence-electron chi connectivity index (χ2n) is 2.41. The lowest BCUT2D eigenvalue weighted by Gasteiger charge is -2.09. The number of thiazole rings is 1. The first-order valence-corrected chi connectivity index (χ1v) is 4.27. The zero-order chi connectivity index (χ0) is 6.97. The SMILES string of the molecule is Cc1nc2c(s1)CCCO2. The number of aryl methyl sites for hydroxylation is 2. The van der Waals surface area contributed by atoms with Gasteiger partial charge < -0.3 is 4.74 Å². The van der Waals surface area contributed by atoms with Crippen LogP contribution < -0.4 is 4.74 Å². The van der Waals surface area contributed by atoms with E-state index in [9.17, 15) is 0 Å². The molecule has 54 valence electrons. The number of hydrogen-bond donors (Lipinski definition) is 0. The molecule has 0 atom stereocenters. The minimum absolute atomic E-state index is 0.843. The molecule has 0 amide bonds. The van der Waals surface area contributed by atoms with Crippen molar-refractivity contribution in [3.05, 3.63) is 9.88 Å². The average Bonchev–Trinajstić information content (AvgIpc) is 2.27. The zero-order valence-electron chi connectivity index (χ0n) is 5.89. The molecule has 1 aliphatic heterocycles. The Morgan fingerprint density at radius 2 is 2.50 bits per heavy atom. The molecule has 1 aromatic rings. The van der Waals surface area contributed by atoms with Crippen molar-refractivity contribution in [2.75, 3.05) is 6.61 Å². The molecule has 0 saturated heterocycles. The highest BCUT2D eigenvalue weighted by Gasteiger charge is 2.13. The molecule has 0 unspecified atom stereocenters. The predicted octanol–water partition coefficient (Wildman–Crippen LogP) is 1.78. The molecular formula is C7H9NOS. The Hall–Kier alpha value is -0.570. The van der Waals surface area contributed by atoms with E-state index in [4.69, 9.17) is 4.74 Å². The summed E-state index contributed by atoms with van der Waals surface area (Å²) in [6.07, 6.45) is 2.30. The van der Waals surface area contributed by atoms with Crippen molar-refractivity contribution in [2.45, 2.75) is 19.8 Å². The van der Waals surface area contributed by atoms with Crippen LogP contribution in [0.5, 0.6) is 5.88 Å². The molecule has 3 heteroatoms. The van der Waals surface area contributed by atoms with Crippen LogP contribution in [0.25, 0.3) is 0 Å². The van der Waals surface area contributed by atoms with E-state index in [2.05, 4.69) is 4.98 Å². The zero-order valence-corrected chi connectivity index (χ0v) is 6.70. The maximum Gasteiger partial charge on any atom is 0.227 e. The summed E-state index contributed by atoms with van der Waals surface area (Å²) in [5, 5.41) is 1.12. The summed E-state index contributed by atoms with van der Waals surface area (Å²) in [5.74, 6) is 0.883. The lowest BCUT2D eigenvalue weighted by molar-refractivity contribution is 0.280. The molecule has 10 heavy (non-hydrogen) atoms. The molecule has 0 aliphatic carbocycles. The molecule has 2 nitrogen and oxygen atoms in total. The summed E-state index contributed by atoms with van der Waals surface area (Å²) >= 11 is 1.75. The largest absolute Gasteiger partial charge is 0.477 e. The van der Waals surface area contributed by atoms with Crippen LogP contribution in [-0.2, 0) is 6.42 Å². The van der Waals surface area contributed by atoms with Crippen LogP contribution in [0.3, 0.4) is 0 Å². The quantitative estimate of drug-likeness (QED) is 0.569. The summed E-state index contributed by atoms with van der Waals surface area (Å²) in [6.45, 7) is 2.86. The van der Waals surface area contributed by atoms with E-state index in [1.807, 2.05) is 6.92 Å². The van der Waals surface area contributed by atoms with Gasteiger partial charge in [-0.25, -0.2) is 4.98 Å². The number of hydrogen-bond acceptors (Lipinski definition) is 3. The monoisotopic (exact) mass is 155 g/mol. The topological polar surface area (TPSA) is 22.1 Å². The van der Waals surface area contributed by atoms with Crippen LogP contribution in [0.2, 0.25) is 0 Å². The second kappa shape index (κ2) is 2.23. The molecule has 2 rings (SSSR count). The van der Waals surface area contributed by atoms with Crippen LogP contribution in [0, 0.1) is 6.92 Å². The first kappa shape index (κ1) is 6.16. The van der Waals surface area contributed by atoms with Gasteiger partial charge in [-0.15, -0.1) is 11.3 Å². The van der Waals surface area contributed by atoms with E-state index in [0.29, 0.717) is 0 Å². The molecule has 0 radical (unpaired) electrons. The van der Waals surface area contributed by atoms with Crippen molar-refractivity contribution in [1.29, 1.82) is 0 Å².